The molecule has 0 spiro atoms. The Hall–Kier alpha value is -2.13. The molecule has 0 aliphatic heterocycles. The van der Waals surface area contributed by atoms with Gasteiger partial charge in [-0.2, -0.15) is 5.26 Å². The molecule has 1 aliphatic rings. The van der Waals surface area contributed by atoms with E-state index in [0.717, 1.165) is 12.8 Å². The molecule has 1 fully saturated rings. The van der Waals surface area contributed by atoms with Crippen LogP contribution >= 0.6 is 0 Å². The summed E-state index contributed by atoms with van der Waals surface area (Å²) in [5.41, 5.74) is 0.416. The van der Waals surface area contributed by atoms with Gasteiger partial charge in [0, 0.05) is 18.0 Å². The van der Waals surface area contributed by atoms with Gasteiger partial charge in [0.2, 0.25) is 0 Å². The van der Waals surface area contributed by atoms with Gasteiger partial charge in [-0.15, -0.1) is 0 Å². The molecule has 1 aromatic carbocycles. The summed E-state index contributed by atoms with van der Waals surface area (Å²) in [7, 11) is 0. The summed E-state index contributed by atoms with van der Waals surface area (Å²) in [6.45, 7) is 0.598. The molecule has 1 aromatic rings. The highest BCUT2D eigenvalue weighted by molar-refractivity contribution is 5.64. The van der Waals surface area contributed by atoms with Gasteiger partial charge in [0.1, 0.15) is 5.69 Å². The molecule has 94 valence electrons. The Morgan fingerprint density at radius 1 is 1.56 bits per heavy atom. The number of hydrogen-bond donors (Lipinski definition) is 2. The topological polar surface area (TPSA) is 99.2 Å². The third-order valence-corrected chi connectivity index (χ3v) is 3.27. The van der Waals surface area contributed by atoms with E-state index in [9.17, 15) is 15.2 Å². The molecule has 6 heteroatoms. The smallest absolute Gasteiger partial charge is 0.293 e. The van der Waals surface area contributed by atoms with Crippen LogP contribution in [0.1, 0.15) is 18.4 Å². The van der Waals surface area contributed by atoms with E-state index in [1.165, 1.54) is 18.2 Å². The Morgan fingerprint density at radius 2 is 2.28 bits per heavy atom. The summed E-state index contributed by atoms with van der Waals surface area (Å²) in [5, 5.41) is 31.8. The van der Waals surface area contributed by atoms with Gasteiger partial charge in [-0.25, -0.2) is 0 Å². The number of aliphatic hydroxyl groups is 1. The second kappa shape index (κ2) is 4.63. The number of rotatable bonds is 5. The van der Waals surface area contributed by atoms with Crippen LogP contribution < -0.4 is 5.32 Å². The fourth-order valence-electron chi connectivity index (χ4n) is 1.75. The minimum Gasteiger partial charge on any atom is -0.396 e. The molecular weight excluding hydrogens is 234 g/mol. The van der Waals surface area contributed by atoms with E-state index in [2.05, 4.69) is 5.32 Å². The van der Waals surface area contributed by atoms with Crippen molar-refractivity contribution in [3.8, 4) is 6.07 Å². The molecule has 18 heavy (non-hydrogen) atoms. The number of anilines is 1. The lowest BCUT2D eigenvalue weighted by molar-refractivity contribution is -0.384. The number of hydrogen-bond acceptors (Lipinski definition) is 5. The third kappa shape index (κ3) is 2.41. The van der Waals surface area contributed by atoms with Crippen molar-refractivity contribution in [1.82, 2.24) is 0 Å². The van der Waals surface area contributed by atoms with Gasteiger partial charge in [-0.05, 0) is 25.0 Å². The Bertz CT molecular complexity index is 518. The SMILES string of the molecule is N#Cc1ccc(NCC2(CO)CC2)c([N+](=O)[O-])c1. The zero-order valence-corrected chi connectivity index (χ0v) is 9.72. The van der Waals surface area contributed by atoms with Crippen molar-refractivity contribution in [2.24, 2.45) is 5.41 Å². The first-order valence-corrected chi connectivity index (χ1v) is 5.63. The standard InChI is InChI=1S/C12H13N3O3/c13-6-9-1-2-10(11(5-9)15(17)18)14-7-12(8-16)3-4-12/h1-2,5,14,16H,3-4,7-8H2. The fraction of sp³-hybridized carbons (Fsp3) is 0.417. The minimum atomic E-state index is -0.512. The Balaban J connectivity index is 2.17. The lowest BCUT2D eigenvalue weighted by Crippen LogP contribution is -2.19. The van der Waals surface area contributed by atoms with E-state index >= 15 is 0 Å². The molecule has 6 nitrogen and oxygen atoms in total. The van der Waals surface area contributed by atoms with Crippen molar-refractivity contribution >= 4 is 11.4 Å². The van der Waals surface area contributed by atoms with Crippen LogP contribution in [-0.2, 0) is 0 Å². The zero-order chi connectivity index (χ0) is 13.2. The molecule has 2 rings (SSSR count). The average Bonchev–Trinajstić information content (AvgIpc) is 3.16. The van der Waals surface area contributed by atoms with Crippen molar-refractivity contribution < 1.29 is 10.0 Å². The number of nitro groups is 1. The van der Waals surface area contributed by atoms with Gasteiger partial charge >= 0.3 is 0 Å². The third-order valence-electron chi connectivity index (χ3n) is 3.27. The number of nitrogens with zero attached hydrogens (tertiary/aromatic N) is 2. The zero-order valence-electron chi connectivity index (χ0n) is 9.72. The minimum absolute atomic E-state index is 0.0874. The number of nitriles is 1. The second-order valence-electron chi connectivity index (χ2n) is 4.61. The maximum atomic E-state index is 10.9. The fourth-order valence-corrected chi connectivity index (χ4v) is 1.75. The van der Waals surface area contributed by atoms with Crippen LogP contribution in [-0.4, -0.2) is 23.2 Å². The van der Waals surface area contributed by atoms with Gasteiger partial charge in [0.15, 0.2) is 0 Å². The summed E-state index contributed by atoms with van der Waals surface area (Å²) >= 11 is 0. The molecule has 0 unspecified atom stereocenters. The van der Waals surface area contributed by atoms with Gasteiger partial charge in [-0.3, -0.25) is 10.1 Å². The summed E-state index contributed by atoms with van der Waals surface area (Å²) in [6.07, 6.45) is 1.86. The van der Waals surface area contributed by atoms with E-state index in [1.54, 1.807) is 0 Å². The molecule has 0 amide bonds. The largest absolute Gasteiger partial charge is 0.396 e. The van der Waals surface area contributed by atoms with Crippen LogP contribution in [0, 0.1) is 26.9 Å². The van der Waals surface area contributed by atoms with Crippen molar-refractivity contribution in [1.29, 1.82) is 5.26 Å². The van der Waals surface area contributed by atoms with Gasteiger partial charge in [0.05, 0.1) is 23.2 Å². The van der Waals surface area contributed by atoms with Crippen LogP contribution in [0.25, 0.3) is 0 Å². The molecule has 0 aromatic heterocycles. The highest BCUT2D eigenvalue weighted by Gasteiger charge is 2.41. The summed E-state index contributed by atoms with van der Waals surface area (Å²) < 4.78 is 0. The van der Waals surface area contributed by atoms with E-state index < -0.39 is 4.92 Å². The lowest BCUT2D eigenvalue weighted by Gasteiger charge is -2.13. The van der Waals surface area contributed by atoms with E-state index in [0.29, 0.717) is 12.2 Å². The second-order valence-corrected chi connectivity index (χ2v) is 4.61. The van der Waals surface area contributed by atoms with Gasteiger partial charge < -0.3 is 10.4 Å². The van der Waals surface area contributed by atoms with Gasteiger partial charge in [-0.1, -0.05) is 0 Å². The monoisotopic (exact) mass is 247 g/mol. The summed E-state index contributed by atoms with van der Waals surface area (Å²) in [6, 6.07) is 6.19. The molecule has 2 N–H and O–H groups in total. The van der Waals surface area contributed by atoms with Crippen molar-refractivity contribution in [2.75, 3.05) is 18.5 Å². The molecule has 0 radical (unpaired) electrons. The van der Waals surface area contributed by atoms with E-state index in [1.807, 2.05) is 6.07 Å². The highest BCUT2D eigenvalue weighted by atomic mass is 16.6. The van der Waals surface area contributed by atoms with Crippen LogP contribution in [0.2, 0.25) is 0 Å². The first-order chi connectivity index (χ1) is 8.60. The van der Waals surface area contributed by atoms with Crippen LogP contribution in [0.3, 0.4) is 0 Å². The Labute approximate surface area is 104 Å². The van der Waals surface area contributed by atoms with Crippen LogP contribution in [0.4, 0.5) is 11.4 Å². The average molecular weight is 247 g/mol. The first kappa shape index (κ1) is 12.3. The molecule has 0 bridgehead atoms. The maximum Gasteiger partial charge on any atom is 0.293 e. The normalized spacial score (nSPS) is 15.8. The van der Waals surface area contributed by atoms with Crippen molar-refractivity contribution in [2.45, 2.75) is 12.8 Å². The maximum absolute atomic E-state index is 10.9. The number of nitrogens with one attached hydrogen (secondary N) is 1. The predicted octanol–water partition coefficient (Wildman–Crippen LogP) is 1.65. The highest BCUT2D eigenvalue weighted by Crippen LogP contribution is 2.45. The first-order valence-electron chi connectivity index (χ1n) is 5.63. The van der Waals surface area contributed by atoms with Crippen LogP contribution in [0.5, 0.6) is 0 Å². The van der Waals surface area contributed by atoms with Crippen molar-refractivity contribution in [3.63, 3.8) is 0 Å². The van der Waals surface area contributed by atoms with Crippen molar-refractivity contribution in [3.05, 3.63) is 33.9 Å². The van der Waals surface area contributed by atoms with Crippen LogP contribution in [0.15, 0.2) is 18.2 Å². The molecule has 1 saturated carbocycles. The molecule has 0 atom stereocenters. The molecule has 1 aliphatic carbocycles. The lowest BCUT2D eigenvalue weighted by atomic mass is 10.1. The summed E-state index contributed by atoms with van der Waals surface area (Å²) in [5.74, 6) is 0. The number of aliphatic hydroxyl groups excluding tert-OH is 1. The molecule has 0 heterocycles. The predicted molar refractivity (Wildman–Crippen MR) is 65.1 cm³/mol. The van der Waals surface area contributed by atoms with E-state index in [4.69, 9.17) is 5.26 Å². The number of nitro benzene ring substituents is 1. The summed E-state index contributed by atoms with van der Waals surface area (Å²) in [4.78, 5) is 10.4. The van der Waals surface area contributed by atoms with E-state index in [-0.39, 0.29) is 23.3 Å². The number of benzene rings is 1. The quantitative estimate of drug-likeness (QED) is 0.608. The molecular formula is C12H13N3O3. The Kier molecular flexibility index (Phi) is 3.17. The molecule has 0 saturated heterocycles. The Morgan fingerprint density at radius 3 is 2.78 bits per heavy atom. The van der Waals surface area contributed by atoms with Gasteiger partial charge in [0.25, 0.3) is 5.69 Å².